The fraction of sp³-hybridized carbons (Fsp3) is 0.118. The van der Waals surface area contributed by atoms with Gasteiger partial charge in [-0.3, -0.25) is 9.52 Å². The maximum Gasteiger partial charge on any atom is 0.258 e. The lowest BCUT2D eigenvalue weighted by Gasteiger charge is -2.12. The molecule has 1 aromatic heterocycles. The van der Waals surface area contributed by atoms with E-state index < -0.39 is 15.8 Å². The number of hydrogen-bond donors (Lipinski definition) is 1. The highest BCUT2D eigenvalue weighted by Gasteiger charge is 2.14. The van der Waals surface area contributed by atoms with Crippen molar-refractivity contribution in [2.45, 2.75) is 0 Å². The van der Waals surface area contributed by atoms with Crippen LogP contribution in [0.25, 0.3) is 21.9 Å². The number of hydrogen-bond acceptors (Lipinski definition) is 3. The number of aryl methyl sites for hydroxylation is 1. The number of pyridine rings is 1. The summed E-state index contributed by atoms with van der Waals surface area (Å²) in [4.78, 5) is 12.2. The summed E-state index contributed by atoms with van der Waals surface area (Å²) in [5.74, 6) is -0.502. The van der Waals surface area contributed by atoms with Gasteiger partial charge in [0.15, 0.2) is 0 Å². The van der Waals surface area contributed by atoms with Crippen LogP contribution in [-0.2, 0) is 17.1 Å². The van der Waals surface area contributed by atoms with E-state index in [0.29, 0.717) is 16.3 Å². The Balaban J connectivity index is 2.30. The van der Waals surface area contributed by atoms with Crippen molar-refractivity contribution in [2.75, 3.05) is 11.0 Å². The number of aromatic nitrogens is 1. The second-order valence-electron chi connectivity index (χ2n) is 5.57. The van der Waals surface area contributed by atoms with Crippen LogP contribution in [0.3, 0.4) is 0 Å². The summed E-state index contributed by atoms with van der Waals surface area (Å²) in [5.41, 5.74) is 0.810. The number of benzene rings is 2. The van der Waals surface area contributed by atoms with Gasteiger partial charge in [-0.25, -0.2) is 12.8 Å². The summed E-state index contributed by atoms with van der Waals surface area (Å²) in [6.45, 7) is 0. The van der Waals surface area contributed by atoms with Crippen molar-refractivity contribution in [1.82, 2.24) is 4.57 Å². The molecular formula is C17H15FN2O3S. The summed E-state index contributed by atoms with van der Waals surface area (Å²) < 4.78 is 40.9. The number of nitrogens with one attached hydrogen (secondary N) is 1. The smallest absolute Gasteiger partial charge is 0.258 e. The van der Waals surface area contributed by atoms with Gasteiger partial charge in [0, 0.05) is 35.4 Å². The molecule has 0 aliphatic rings. The molecular weight excluding hydrogens is 331 g/mol. The highest BCUT2D eigenvalue weighted by atomic mass is 32.2. The molecule has 3 aromatic rings. The third-order valence-electron chi connectivity index (χ3n) is 3.65. The molecule has 0 saturated carbocycles. The van der Waals surface area contributed by atoms with E-state index in [2.05, 4.69) is 4.72 Å². The predicted molar refractivity (Wildman–Crippen MR) is 93.0 cm³/mol. The van der Waals surface area contributed by atoms with Gasteiger partial charge in [0.25, 0.3) is 5.56 Å². The Hall–Kier alpha value is -2.67. The molecule has 0 spiro atoms. The largest absolute Gasteiger partial charge is 0.317 e. The van der Waals surface area contributed by atoms with Crippen molar-refractivity contribution in [3.63, 3.8) is 0 Å². The van der Waals surface area contributed by atoms with Gasteiger partial charge >= 0.3 is 0 Å². The molecule has 7 heteroatoms. The van der Waals surface area contributed by atoms with Crippen LogP contribution in [0.2, 0.25) is 0 Å². The number of fused-ring (bicyclic) bond motifs is 1. The minimum Gasteiger partial charge on any atom is -0.317 e. The van der Waals surface area contributed by atoms with Crippen molar-refractivity contribution in [3.05, 3.63) is 64.8 Å². The van der Waals surface area contributed by atoms with Crippen molar-refractivity contribution in [2.24, 2.45) is 7.05 Å². The van der Waals surface area contributed by atoms with Gasteiger partial charge in [0.1, 0.15) is 5.82 Å². The number of anilines is 1. The standard InChI is InChI=1S/C17H15FN2O3S/c1-20-10-15(12-5-3-4-6-13(12)17(20)21)14-9-11(7-8-16(14)18)19-24(2,22)23/h3-10,19H,1-2H3. The summed E-state index contributed by atoms with van der Waals surface area (Å²) in [6.07, 6.45) is 2.57. The molecule has 0 fully saturated rings. The first-order chi connectivity index (χ1) is 11.3. The van der Waals surface area contributed by atoms with E-state index in [-0.39, 0.29) is 16.8 Å². The van der Waals surface area contributed by atoms with Gasteiger partial charge in [0.05, 0.1) is 6.26 Å². The molecule has 3 rings (SSSR count). The Morgan fingerprint density at radius 2 is 1.71 bits per heavy atom. The molecule has 124 valence electrons. The third kappa shape index (κ3) is 3.03. The number of rotatable bonds is 3. The number of nitrogens with zero attached hydrogens (tertiary/aromatic N) is 1. The predicted octanol–water partition coefficient (Wildman–Crippen LogP) is 2.72. The average molecular weight is 346 g/mol. The molecule has 1 heterocycles. The Labute approximate surface area is 138 Å². The quantitative estimate of drug-likeness (QED) is 0.793. The van der Waals surface area contributed by atoms with Crippen molar-refractivity contribution < 1.29 is 12.8 Å². The van der Waals surface area contributed by atoms with Gasteiger partial charge in [-0.05, 0) is 29.7 Å². The van der Waals surface area contributed by atoms with Crippen LogP contribution in [0.5, 0.6) is 0 Å². The molecule has 24 heavy (non-hydrogen) atoms. The van der Waals surface area contributed by atoms with Crippen LogP contribution in [0.15, 0.2) is 53.5 Å². The summed E-state index contributed by atoms with van der Waals surface area (Å²) in [5, 5.41) is 1.08. The monoisotopic (exact) mass is 346 g/mol. The first kappa shape index (κ1) is 16.2. The zero-order chi connectivity index (χ0) is 17.5. The Morgan fingerprint density at radius 1 is 1.04 bits per heavy atom. The molecule has 0 amide bonds. The summed E-state index contributed by atoms with van der Waals surface area (Å²) in [6, 6.07) is 10.9. The second-order valence-corrected chi connectivity index (χ2v) is 7.32. The highest BCUT2D eigenvalue weighted by Crippen LogP contribution is 2.31. The van der Waals surface area contributed by atoms with Crippen LogP contribution >= 0.6 is 0 Å². The van der Waals surface area contributed by atoms with Gasteiger partial charge < -0.3 is 4.57 Å². The lowest BCUT2D eigenvalue weighted by molar-refractivity contribution is 0.606. The van der Waals surface area contributed by atoms with E-state index in [1.165, 1.54) is 22.8 Å². The van der Waals surface area contributed by atoms with E-state index in [9.17, 15) is 17.6 Å². The molecule has 1 N–H and O–H groups in total. The van der Waals surface area contributed by atoms with Crippen molar-refractivity contribution in [3.8, 4) is 11.1 Å². The van der Waals surface area contributed by atoms with E-state index >= 15 is 0 Å². The fourth-order valence-corrected chi connectivity index (χ4v) is 3.20. The molecule has 0 radical (unpaired) electrons. The zero-order valence-electron chi connectivity index (χ0n) is 13.1. The minimum absolute atomic E-state index is 0.180. The highest BCUT2D eigenvalue weighted by molar-refractivity contribution is 7.92. The maximum absolute atomic E-state index is 14.4. The van der Waals surface area contributed by atoms with E-state index in [1.807, 2.05) is 0 Å². The molecule has 2 aromatic carbocycles. The zero-order valence-corrected chi connectivity index (χ0v) is 13.9. The van der Waals surface area contributed by atoms with Crippen molar-refractivity contribution >= 4 is 26.5 Å². The topological polar surface area (TPSA) is 68.2 Å². The maximum atomic E-state index is 14.4. The molecule has 0 bridgehead atoms. The van der Waals surface area contributed by atoms with Crippen LogP contribution < -0.4 is 10.3 Å². The Bertz CT molecular complexity index is 1100. The molecule has 0 saturated heterocycles. The summed E-state index contributed by atoms with van der Waals surface area (Å²) in [7, 11) is -1.88. The molecule has 0 unspecified atom stereocenters. The van der Waals surface area contributed by atoms with Crippen LogP contribution in [0.1, 0.15) is 0 Å². The lowest BCUT2D eigenvalue weighted by Crippen LogP contribution is -2.16. The van der Waals surface area contributed by atoms with E-state index in [0.717, 1.165) is 6.26 Å². The Kier molecular flexibility index (Phi) is 3.88. The van der Waals surface area contributed by atoms with Gasteiger partial charge in [-0.15, -0.1) is 0 Å². The van der Waals surface area contributed by atoms with Gasteiger partial charge in [-0.2, -0.15) is 0 Å². The summed E-state index contributed by atoms with van der Waals surface area (Å²) >= 11 is 0. The van der Waals surface area contributed by atoms with Crippen molar-refractivity contribution in [1.29, 1.82) is 0 Å². The SMILES string of the molecule is Cn1cc(-c2cc(NS(C)(=O)=O)ccc2F)c2ccccc2c1=O. The average Bonchev–Trinajstić information content (AvgIpc) is 2.52. The second kappa shape index (κ2) is 5.76. The van der Waals surface area contributed by atoms with Crippen LogP contribution in [0, 0.1) is 5.82 Å². The normalized spacial score (nSPS) is 11.6. The molecule has 0 atom stereocenters. The van der Waals surface area contributed by atoms with Crippen LogP contribution in [0.4, 0.5) is 10.1 Å². The molecule has 5 nitrogen and oxygen atoms in total. The van der Waals surface area contributed by atoms with Gasteiger partial charge in [-0.1, -0.05) is 18.2 Å². The fourth-order valence-electron chi connectivity index (χ4n) is 2.64. The third-order valence-corrected chi connectivity index (χ3v) is 4.26. The van der Waals surface area contributed by atoms with E-state index in [4.69, 9.17) is 0 Å². The first-order valence-corrected chi connectivity index (χ1v) is 9.01. The molecule has 0 aliphatic carbocycles. The number of halogens is 1. The van der Waals surface area contributed by atoms with Crippen LogP contribution in [-0.4, -0.2) is 19.2 Å². The first-order valence-electron chi connectivity index (χ1n) is 7.12. The van der Waals surface area contributed by atoms with E-state index in [1.54, 1.807) is 37.5 Å². The number of sulfonamides is 1. The Morgan fingerprint density at radius 3 is 2.38 bits per heavy atom. The van der Waals surface area contributed by atoms with Gasteiger partial charge in [0.2, 0.25) is 10.0 Å². The lowest BCUT2D eigenvalue weighted by atomic mass is 10.00. The minimum atomic E-state index is -3.47. The molecule has 0 aliphatic heterocycles.